The molecule has 0 aliphatic heterocycles. The molecule has 6 aromatic rings. The molecule has 0 aliphatic rings. The zero-order valence-corrected chi connectivity index (χ0v) is 22.4. The number of aliphatic carboxylic acids is 1. The van der Waals surface area contributed by atoms with Crippen LogP contribution >= 0.6 is 11.3 Å². The van der Waals surface area contributed by atoms with Gasteiger partial charge in [-0.05, 0) is 54.6 Å². The molecule has 0 saturated carbocycles. The molecular weight excluding hydrogens is 530 g/mol. The Morgan fingerprint density at radius 1 is 0.780 bits per heavy atom. The second-order valence-electron chi connectivity index (χ2n) is 9.00. The molecule has 0 amide bonds. The molecule has 8 heteroatoms. The van der Waals surface area contributed by atoms with Gasteiger partial charge in [0.15, 0.2) is 0 Å². The number of para-hydroxylation sites is 2. The third kappa shape index (κ3) is 5.17. The van der Waals surface area contributed by atoms with Crippen LogP contribution in [0.1, 0.15) is 4.88 Å². The maximum absolute atomic E-state index is 11.2. The Balaban J connectivity index is 1.38. The number of aromatic nitrogens is 3. The molecule has 0 fully saturated rings. The van der Waals surface area contributed by atoms with E-state index in [1.54, 1.807) is 30.7 Å². The highest BCUT2D eigenvalue weighted by Gasteiger charge is 2.17. The van der Waals surface area contributed by atoms with Crippen LogP contribution in [0.3, 0.4) is 0 Å². The van der Waals surface area contributed by atoms with E-state index >= 15 is 0 Å². The van der Waals surface area contributed by atoms with Crippen LogP contribution in [-0.2, 0) is 4.79 Å². The summed E-state index contributed by atoms with van der Waals surface area (Å²) in [6.45, 7) is 0. The highest BCUT2D eigenvalue weighted by Crippen LogP contribution is 2.38. The summed E-state index contributed by atoms with van der Waals surface area (Å²) in [6, 6.07) is 34.0. The molecule has 0 spiro atoms. The Hall–Kier alpha value is -5.65. The summed E-state index contributed by atoms with van der Waals surface area (Å²) in [7, 11) is 0. The molecular formula is C33H21N5O2S. The Kier molecular flexibility index (Phi) is 7.01. The molecule has 0 radical (unpaired) electrons. The van der Waals surface area contributed by atoms with Crippen molar-refractivity contribution in [2.75, 3.05) is 4.90 Å². The topological polar surface area (TPSA) is 103 Å². The summed E-state index contributed by atoms with van der Waals surface area (Å²) >= 11 is 1.36. The average molecular weight is 552 g/mol. The number of carboxylic acids is 1. The van der Waals surface area contributed by atoms with E-state index in [1.807, 2.05) is 54.6 Å². The van der Waals surface area contributed by atoms with Crippen LogP contribution < -0.4 is 4.90 Å². The van der Waals surface area contributed by atoms with E-state index in [-0.39, 0.29) is 5.57 Å². The van der Waals surface area contributed by atoms with Crippen molar-refractivity contribution in [3.63, 3.8) is 0 Å². The molecule has 3 heterocycles. The van der Waals surface area contributed by atoms with E-state index in [9.17, 15) is 9.90 Å². The normalized spacial score (nSPS) is 11.2. The van der Waals surface area contributed by atoms with Crippen LogP contribution in [0.25, 0.3) is 38.8 Å². The SMILES string of the molecule is N#C/C(=C\c1ccc(-c2cnc(-c3ccc(N(c4ccccc4)c4ccccc4)cc3)c3nccnc23)s1)C(=O)O. The number of hydrogen-bond acceptors (Lipinski definition) is 7. The summed E-state index contributed by atoms with van der Waals surface area (Å²) in [5.74, 6) is -1.26. The number of benzene rings is 3. The number of rotatable bonds is 7. The molecule has 0 atom stereocenters. The van der Waals surface area contributed by atoms with Crippen molar-refractivity contribution in [2.24, 2.45) is 0 Å². The van der Waals surface area contributed by atoms with Crippen LogP contribution in [0, 0.1) is 11.3 Å². The average Bonchev–Trinajstić information content (AvgIpc) is 3.49. The monoisotopic (exact) mass is 551 g/mol. The predicted octanol–water partition coefficient (Wildman–Crippen LogP) is 7.88. The highest BCUT2D eigenvalue weighted by atomic mass is 32.1. The van der Waals surface area contributed by atoms with Crippen LogP contribution in [0.15, 0.2) is 121 Å². The summed E-state index contributed by atoms with van der Waals surface area (Å²) in [5, 5.41) is 18.3. The van der Waals surface area contributed by atoms with E-state index in [4.69, 9.17) is 10.2 Å². The fourth-order valence-corrected chi connectivity index (χ4v) is 5.54. The van der Waals surface area contributed by atoms with Crippen molar-refractivity contribution in [3.05, 3.63) is 126 Å². The molecule has 196 valence electrons. The van der Waals surface area contributed by atoms with Crippen LogP contribution in [0.4, 0.5) is 17.1 Å². The fraction of sp³-hybridized carbons (Fsp3) is 0. The first-order chi connectivity index (χ1) is 20.1. The van der Waals surface area contributed by atoms with Crippen molar-refractivity contribution >= 4 is 51.5 Å². The van der Waals surface area contributed by atoms with Gasteiger partial charge in [-0.3, -0.25) is 15.0 Å². The number of carboxylic acid groups (broad SMARTS) is 1. The Morgan fingerprint density at radius 2 is 1.39 bits per heavy atom. The molecule has 0 bridgehead atoms. The Labute approximate surface area is 240 Å². The Morgan fingerprint density at radius 3 is 2.00 bits per heavy atom. The first-order valence-electron chi connectivity index (χ1n) is 12.7. The van der Waals surface area contributed by atoms with Gasteiger partial charge in [0.25, 0.3) is 0 Å². The van der Waals surface area contributed by atoms with Crippen molar-refractivity contribution in [3.8, 4) is 27.8 Å². The lowest BCUT2D eigenvalue weighted by molar-refractivity contribution is -0.132. The number of nitriles is 1. The number of nitrogens with zero attached hydrogens (tertiary/aromatic N) is 5. The highest BCUT2D eigenvalue weighted by molar-refractivity contribution is 7.16. The molecule has 0 aliphatic carbocycles. The van der Waals surface area contributed by atoms with Crippen LogP contribution in [-0.4, -0.2) is 26.0 Å². The van der Waals surface area contributed by atoms with Gasteiger partial charge in [-0.1, -0.05) is 48.5 Å². The summed E-state index contributed by atoms with van der Waals surface area (Å²) < 4.78 is 0. The van der Waals surface area contributed by atoms with E-state index in [0.717, 1.165) is 33.1 Å². The molecule has 3 aromatic carbocycles. The van der Waals surface area contributed by atoms with E-state index in [2.05, 4.69) is 51.3 Å². The largest absolute Gasteiger partial charge is 0.477 e. The fourth-order valence-electron chi connectivity index (χ4n) is 4.58. The van der Waals surface area contributed by atoms with E-state index in [0.29, 0.717) is 21.6 Å². The van der Waals surface area contributed by atoms with Gasteiger partial charge in [0.05, 0.1) is 5.69 Å². The smallest absolute Gasteiger partial charge is 0.346 e. The van der Waals surface area contributed by atoms with Gasteiger partial charge in [-0.15, -0.1) is 11.3 Å². The van der Waals surface area contributed by atoms with Crippen molar-refractivity contribution < 1.29 is 9.90 Å². The molecule has 6 rings (SSSR count). The van der Waals surface area contributed by atoms with Crippen LogP contribution in [0.5, 0.6) is 0 Å². The maximum atomic E-state index is 11.2. The molecule has 0 saturated heterocycles. The zero-order valence-electron chi connectivity index (χ0n) is 21.5. The molecule has 7 nitrogen and oxygen atoms in total. The van der Waals surface area contributed by atoms with E-state index < -0.39 is 5.97 Å². The van der Waals surface area contributed by atoms with Crippen molar-refractivity contribution in [2.45, 2.75) is 0 Å². The van der Waals surface area contributed by atoms with E-state index in [1.165, 1.54) is 17.4 Å². The number of anilines is 3. The first kappa shape index (κ1) is 25.6. The minimum atomic E-state index is -1.26. The zero-order chi connectivity index (χ0) is 28.2. The minimum absolute atomic E-state index is 0.321. The first-order valence-corrected chi connectivity index (χ1v) is 13.5. The van der Waals surface area contributed by atoms with Gasteiger partial charge >= 0.3 is 5.97 Å². The van der Waals surface area contributed by atoms with Gasteiger partial charge in [0.1, 0.15) is 22.7 Å². The number of pyridine rings is 1. The second-order valence-corrected chi connectivity index (χ2v) is 10.1. The number of carbonyl (C=O) groups is 1. The lowest BCUT2D eigenvalue weighted by Gasteiger charge is -2.25. The quantitative estimate of drug-likeness (QED) is 0.159. The minimum Gasteiger partial charge on any atom is -0.477 e. The third-order valence-corrected chi connectivity index (χ3v) is 7.52. The number of fused-ring (bicyclic) bond motifs is 1. The molecule has 1 N–H and O–H groups in total. The summed E-state index contributed by atoms with van der Waals surface area (Å²) in [6.07, 6.45) is 6.42. The van der Waals surface area contributed by atoms with Crippen LogP contribution in [0.2, 0.25) is 0 Å². The van der Waals surface area contributed by atoms with Gasteiger partial charge in [0, 0.05) is 56.5 Å². The molecule has 41 heavy (non-hydrogen) atoms. The van der Waals surface area contributed by atoms with Gasteiger partial charge in [0.2, 0.25) is 0 Å². The summed E-state index contributed by atoms with van der Waals surface area (Å²) in [5.41, 5.74) is 6.55. The Bertz CT molecular complexity index is 1890. The van der Waals surface area contributed by atoms with Gasteiger partial charge in [-0.25, -0.2) is 4.79 Å². The standard InChI is InChI=1S/C33H21N5O2S/c34-20-23(33(39)40)19-27-15-16-29(41-27)28-21-37-30(32-31(28)35-17-18-36-32)22-11-13-26(14-12-22)38(24-7-3-1-4-8-24)25-9-5-2-6-10-25/h1-19,21H,(H,39,40)/b23-19+. The lowest BCUT2D eigenvalue weighted by atomic mass is 10.1. The summed E-state index contributed by atoms with van der Waals surface area (Å²) in [4.78, 5) is 29.0. The number of hydrogen-bond donors (Lipinski definition) is 1. The third-order valence-electron chi connectivity index (χ3n) is 6.46. The second kappa shape index (κ2) is 11.2. The predicted molar refractivity (Wildman–Crippen MR) is 162 cm³/mol. The molecule has 3 aromatic heterocycles. The van der Waals surface area contributed by atoms with Gasteiger partial charge < -0.3 is 10.0 Å². The molecule has 0 unspecified atom stereocenters. The van der Waals surface area contributed by atoms with Gasteiger partial charge in [-0.2, -0.15) is 5.26 Å². The van der Waals surface area contributed by atoms with Crippen molar-refractivity contribution in [1.82, 2.24) is 15.0 Å². The maximum Gasteiger partial charge on any atom is 0.346 e. The number of thiophene rings is 1. The lowest BCUT2D eigenvalue weighted by Crippen LogP contribution is -2.09. The van der Waals surface area contributed by atoms with Crippen molar-refractivity contribution in [1.29, 1.82) is 5.26 Å².